The van der Waals surface area contributed by atoms with Crippen LogP contribution in [0.15, 0.2) is 24.3 Å². The van der Waals surface area contributed by atoms with Crippen molar-refractivity contribution in [3.8, 4) is 5.69 Å². The normalized spacial score (nSPS) is 10.7. The van der Waals surface area contributed by atoms with E-state index in [-0.39, 0.29) is 5.78 Å². The lowest BCUT2D eigenvalue weighted by Gasteiger charge is -2.06. The van der Waals surface area contributed by atoms with Crippen LogP contribution in [0.4, 0.5) is 0 Å². The number of carbonyl (C=O) groups excluding carboxylic acids is 1. The standard InChI is InChI=1S/C14H17N3O/c1-9-14(8-15)10(2)17(16-9)13-6-4-5-12(7-13)11(3)18/h4-7H,8,15H2,1-3H3. The molecule has 4 heteroatoms. The molecule has 4 nitrogen and oxygen atoms in total. The van der Waals surface area contributed by atoms with Crippen molar-refractivity contribution in [3.05, 3.63) is 46.8 Å². The summed E-state index contributed by atoms with van der Waals surface area (Å²) in [6.07, 6.45) is 0. The molecule has 0 amide bonds. The molecule has 1 aromatic carbocycles. The Labute approximate surface area is 106 Å². The molecule has 0 radical (unpaired) electrons. The topological polar surface area (TPSA) is 60.9 Å². The molecule has 0 unspecified atom stereocenters. The van der Waals surface area contributed by atoms with Gasteiger partial charge in [-0.3, -0.25) is 4.79 Å². The number of hydrogen-bond donors (Lipinski definition) is 1. The number of carbonyl (C=O) groups is 1. The van der Waals surface area contributed by atoms with Crippen LogP contribution in [-0.2, 0) is 6.54 Å². The van der Waals surface area contributed by atoms with Gasteiger partial charge in [0.15, 0.2) is 5.78 Å². The Morgan fingerprint density at radius 3 is 2.67 bits per heavy atom. The lowest BCUT2D eigenvalue weighted by atomic mass is 10.1. The summed E-state index contributed by atoms with van der Waals surface area (Å²) in [4.78, 5) is 11.4. The summed E-state index contributed by atoms with van der Waals surface area (Å²) in [5.41, 5.74) is 10.3. The number of nitrogens with zero attached hydrogens (tertiary/aromatic N) is 2. The first-order chi connectivity index (χ1) is 8.54. The highest BCUT2D eigenvalue weighted by molar-refractivity contribution is 5.94. The van der Waals surface area contributed by atoms with Crippen molar-refractivity contribution in [1.29, 1.82) is 0 Å². The Morgan fingerprint density at radius 2 is 2.11 bits per heavy atom. The maximum absolute atomic E-state index is 11.4. The van der Waals surface area contributed by atoms with Crippen LogP contribution in [0.25, 0.3) is 5.69 Å². The minimum Gasteiger partial charge on any atom is -0.326 e. The quantitative estimate of drug-likeness (QED) is 0.840. The lowest BCUT2D eigenvalue weighted by Crippen LogP contribution is -2.03. The third-order valence-corrected chi connectivity index (χ3v) is 3.14. The average Bonchev–Trinajstić information content (AvgIpc) is 2.64. The summed E-state index contributed by atoms with van der Waals surface area (Å²) in [5.74, 6) is 0.0532. The van der Waals surface area contributed by atoms with Gasteiger partial charge in [-0.25, -0.2) is 4.68 Å². The number of ketones is 1. The molecule has 18 heavy (non-hydrogen) atoms. The predicted molar refractivity (Wildman–Crippen MR) is 70.9 cm³/mol. The van der Waals surface area contributed by atoms with Gasteiger partial charge in [0.05, 0.1) is 11.4 Å². The maximum atomic E-state index is 11.4. The van der Waals surface area contributed by atoms with Gasteiger partial charge < -0.3 is 5.73 Å². The fourth-order valence-electron chi connectivity index (χ4n) is 2.08. The molecular weight excluding hydrogens is 226 g/mol. The van der Waals surface area contributed by atoms with Gasteiger partial charge in [0.1, 0.15) is 0 Å². The molecule has 1 heterocycles. The van der Waals surface area contributed by atoms with E-state index < -0.39 is 0 Å². The minimum absolute atomic E-state index is 0.0532. The zero-order valence-corrected chi connectivity index (χ0v) is 10.9. The first kappa shape index (κ1) is 12.5. The second kappa shape index (κ2) is 4.74. The summed E-state index contributed by atoms with van der Waals surface area (Å²) < 4.78 is 1.84. The van der Waals surface area contributed by atoms with Crippen LogP contribution in [0.1, 0.15) is 34.2 Å². The fourth-order valence-corrected chi connectivity index (χ4v) is 2.08. The maximum Gasteiger partial charge on any atom is 0.159 e. The Bertz CT molecular complexity index is 599. The van der Waals surface area contributed by atoms with E-state index in [1.54, 1.807) is 13.0 Å². The SMILES string of the molecule is CC(=O)c1cccc(-n2nc(C)c(CN)c2C)c1. The molecule has 0 aliphatic carbocycles. The van der Waals surface area contributed by atoms with E-state index in [9.17, 15) is 4.79 Å². The molecular formula is C14H17N3O. The van der Waals surface area contributed by atoms with Crippen molar-refractivity contribution in [2.45, 2.75) is 27.3 Å². The van der Waals surface area contributed by atoms with Crippen LogP contribution in [0.5, 0.6) is 0 Å². The van der Waals surface area contributed by atoms with Crippen LogP contribution in [-0.4, -0.2) is 15.6 Å². The van der Waals surface area contributed by atoms with Gasteiger partial charge in [0, 0.05) is 23.4 Å². The molecule has 0 spiro atoms. The van der Waals surface area contributed by atoms with Crippen LogP contribution in [0.2, 0.25) is 0 Å². The second-order valence-corrected chi connectivity index (χ2v) is 4.37. The van der Waals surface area contributed by atoms with Gasteiger partial charge in [0.2, 0.25) is 0 Å². The van der Waals surface area contributed by atoms with Gasteiger partial charge in [-0.05, 0) is 32.9 Å². The van der Waals surface area contributed by atoms with E-state index in [1.807, 2.05) is 36.7 Å². The van der Waals surface area contributed by atoms with E-state index in [0.717, 1.165) is 22.6 Å². The Hall–Kier alpha value is -1.94. The highest BCUT2D eigenvalue weighted by atomic mass is 16.1. The summed E-state index contributed by atoms with van der Waals surface area (Å²) >= 11 is 0. The first-order valence-electron chi connectivity index (χ1n) is 5.91. The number of aromatic nitrogens is 2. The van der Waals surface area contributed by atoms with Crippen LogP contribution < -0.4 is 5.73 Å². The van der Waals surface area contributed by atoms with Crippen LogP contribution in [0.3, 0.4) is 0 Å². The minimum atomic E-state index is 0.0532. The Morgan fingerprint density at radius 1 is 1.39 bits per heavy atom. The van der Waals surface area contributed by atoms with Gasteiger partial charge in [-0.1, -0.05) is 12.1 Å². The summed E-state index contributed by atoms with van der Waals surface area (Å²) in [5, 5.41) is 4.48. The second-order valence-electron chi connectivity index (χ2n) is 4.37. The molecule has 94 valence electrons. The molecule has 2 aromatic rings. The van der Waals surface area contributed by atoms with Crippen LogP contribution >= 0.6 is 0 Å². The highest BCUT2D eigenvalue weighted by Gasteiger charge is 2.11. The van der Waals surface area contributed by atoms with Crippen molar-refractivity contribution in [1.82, 2.24) is 9.78 Å². The van der Waals surface area contributed by atoms with E-state index in [1.165, 1.54) is 0 Å². The molecule has 0 saturated heterocycles. The summed E-state index contributed by atoms with van der Waals surface area (Å²) in [6, 6.07) is 7.46. The Balaban J connectivity index is 2.55. The van der Waals surface area contributed by atoms with Crippen LogP contribution in [0, 0.1) is 13.8 Å². The molecule has 2 rings (SSSR count). The molecule has 0 bridgehead atoms. The number of Topliss-reactive ketones (excluding diaryl/α,β-unsaturated/α-hetero) is 1. The first-order valence-corrected chi connectivity index (χ1v) is 5.91. The molecule has 0 atom stereocenters. The summed E-state index contributed by atoms with van der Waals surface area (Å²) in [7, 11) is 0. The fraction of sp³-hybridized carbons (Fsp3) is 0.286. The number of nitrogens with two attached hydrogens (primary N) is 1. The van der Waals surface area contributed by atoms with E-state index in [4.69, 9.17) is 5.73 Å². The van der Waals surface area contributed by atoms with Crippen molar-refractivity contribution >= 4 is 5.78 Å². The van der Waals surface area contributed by atoms with Crippen molar-refractivity contribution in [2.75, 3.05) is 0 Å². The molecule has 2 N–H and O–H groups in total. The zero-order chi connectivity index (χ0) is 13.3. The zero-order valence-electron chi connectivity index (χ0n) is 10.9. The lowest BCUT2D eigenvalue weighted by molar-refractivity contribution is 0.101. The summed E-state index contributed by atoms with van der Waals surface area (Å²) in [6.45, 7) is 5.97. The number of aryl methyl sites for hydroxylation is 1. The highest BCUT2D eigenvalue weighted by Crippen LogP contribution is 2.18. The molecule has 0 aliphatic heterocycles. The Kier molecular flexibility index (Phi) is 3.30. The third-order valence-electron chi connectivity index (χ3n) is 3.14. The predicted octanol–water partition coefficient (Wildman–Crippen LogP) is 2.15. The average molecular weight is 243 g/mol. The largest absolute Gasteiger partial charge is 0.326 e. The molecule has 1 aromatic heterocycles. The van der Waals surface area contributed by atoms with Crippen molar-refractivity contribution in [2.24, 2.45) is 5.73 Å². The van der Waals surface area contributed by atoms with Gasteiger partial charge in [-0.15, -0.1) is 0 Å². The molecule has 0 fully saturated rings. The van der Waals surface area contributed by atoms with Crippen molar-refractivity contribution in [3.63, 3.8) is 0 Å². The third kappa shape index (κ3) is 2.07. The monoisotopic (exact) mass is 243 g/mol. The number of hydrogen-bond acceptors (Lipinski definition) is 3. The molecule has 0 aliphatic rings. The van der Waals surface area contributed by atoms with E-state index in [0.29, 0.717) is 12.1 Å². The smallest absolute Gasteiger partial charge is 0.159 e. The van der Waals surface area contributed by atoms with E-state index >= 15 is 0 Å². The van der Waals surface area contributed by atoms with Crippen molar-refractivity contribution < 1.29 is 4.79 Å². The molecule has 0 saturated carbocycles. The van der Waals surface area contributed by atoms with E-state index in [2.05, 4.69) is 5.10 Å². The van der Waals surface area contributed by atoms with Gasteiger partial charge in [-0.2, -0.15) is 5.10 Å². The number of benzene rings is 1. The van der Waals surface area contributed by atoms with Gasteiger partial charge in [0.25, 0.3) is 0 Å². The van der Waals surface area contributed by atoms with Gasteiger partial charge >= 0.3 is 0 Å². The number of rotatable bonds is 3.